The van der Waals surface area contributed by atoms with Gasteiger partial charge in [0.2, 0.25) is 0 Å². The lowest BCUT2D eigenvalue weighted by molar-refractivity contribution is 0.265. The number of halogens is 1. The summed E-state index contributed by atoms with van der Waals surface area (Å²) in [5.74, 6) is 0.908. The summed E-state index contributed by atoms with van der Waals surface area (Å²) in [7, 11) is 2.14. The molecule has 3 nitrogen and oxygen atoms in total. The third-order valence-corrected chi connectivity index (χ3v) is 3.36. The van der Waals surface area contributed by atoms with Crippen LogP contribution in [0.15, 0.2) is 28.7 Å². The van der Waals surface area contributed by atoms with Crippen molar-refractivity contribution in [2.75, 3.05) is 33.3 Å². The molecule has 0 aliphatic rings. The maximum Gasteiger partial charge on any atom is 0.120 e. The van der Waals surface area contributed by atoms with Crippen molar-refractivity contribution in [3.05, 3.63) is 28.7 Å². The van der Waals surface area contributed by atoms with E-state index < -0.39 is 0 Å². The van der Waals surface area contributed by atoms with Crippen molar-refractivity contribution in [2.45, 2.75) is 19.9 Å². The average molecular weight is 315 g/mol. The molecule has 0 radical (unpaired) electrons. The molecule has 0 saturated heterocycles. The van der Waals surface area contributed by atoms with Crippen LogP contribution in [0.3, 0.4) is 0 Å². The zero-order valence-electron chi connectivity index (χ0n) is 11.4. The van der Waals surface area contributed by atoms with Gasteiger partial charge in [-0.1, -0.05) is 22.0 Å². The molecule has 0 unspecified atom stereocenters. The van der Waals surface area contributed by atoms with Gasteiger partial charge in [-0.05, 0) is 39.1 Å². The van der Waals surface area contributed by atoms with Gasteiger partial charge in [0.25, 0.3) is 0 Å². The maximum atomic E-state index is 5.64. The zero-order valence-corrected chi connectivity index (χ0v) is 13.0. The summed E-state index contributed by atoms with van der Waals surface area (Å²) in [5, 5.41) is 3.38. The summed E-state index contributed by atoms with van der Waals surface area (Å²) in [6.45, 7) is 8.04. The van der Waals surface area contributed by atoms with Crippen molar-refractivity contribution < 1.29 is 4.74 Å². The van der Waals surface area contributed by atoms with Crippen LogP contribution in [-0.2, 0) is 0 Å². The summed E-state index contributed by atoms with van der Waals surface area (Å²) in [4.78, 5) is 2.32. The fourth-order valence-electron chi connectivity index (χ4n) is 1.44. The SMILES string of the molecule is CC(C)N(C)CCNCCOc1cccc(Br)c1. The van der Waals surface area contributed by atoms with E-state index in [0.717, 1.165) is 29.9 Å². The first-order valence-electron chi connectivity index (χ1n) is 6.39. The van der Waals surface area contributed by atoms with Crippen LogP contribution in [-0.4, -0.2) is 44.2 Å². The zero-order chi connectivity index (χ0) is 13.4. The maximum absolute atomic E-state index is 5.64. The Morgan fingerprint density at radius 1 is 1.33 bits per heavy atom. The molecule has 18 heavy (non-hydrogen) atoms. The predicted octanol–water partition coefficient (Wildman–Crippen LogP) is 2.76. The second-order valence-corrected chi connectivity index (χ2v) is 5.55. The summed E-state index contributed by atoms with van der Waals surface area (Å²) in [5.41, 5.74) is 0. The van der Waals surface area contributed by atoms with E-state index in [1.807, 2.05) is 24.3 Å². The topological polar surface area (TPSA) is 24.5 Å². The molecule has 0 amide bonds. The molecule has 0 heterocycles. The molecule has 0 atom stereocenters. The van der Waals surface area contributed by atoms with Crippen molar-refractivity contribution in [3.8, 4) is 5.75 Å². The van der Waals surface area contributed by atoms with Crippen molar-refractivity contribution in [3.63, 3.8) is 0 Å². The molecule has 0 aliphatic heterocycles. The Hall–Kier alpha value is -0.580. The van der Waals surface area contributed by atoms with Crippen LogP contribution < -0.4 is 10.1 Å². The number of ether oxygens (including phenoxy) is 1. The number of hydrogen-bond acceptors (Lipinski definition) is 3. The van der Waals surface area contributed by atoms with Gasteiger partial charge in [0, 0.05) is 30.1 Å². The molecule has 0 saturated carbocycles. The first kappa shape index (κ1) is 15.5. The van der Waals surface area contributed by atoms with Crippen LogP contribution in [0.5, 0.6) is 5.75 Å². The van der Waals surface area contributed by atoms with Gasteiger partial charge in [-0.3, -0.25) is 0 Å². The third kappa shape index (κ3) is 6.38. The van der Waals surface area contributed by atoms with Gasteiger partial charge in [-0.25, -0.2) is 0 Å². The molecule has 1 aromatic rings. The van der Waals surface area contributed by atoms with E-state index in [-0.39, 0.29) is 0 Å². The van der Waals surface area contributed by atoms with Crippen molar-refractivity contribution >= 4 is 15.9 Å². The molecular weight excluding hydrogens is 292 g/mol. The molecule has 0 bridgehead atoms. The van der Waals surface area contributed by atoms with Crippen LogP contribution in [0.4, 0.5) is 0 Å². The quantitative estimate of drug-likeness (QED) is 0.747. The Morgan fingerprint density at radius 2 is 2.11 bits per heavy atom. The molecule has 0 spiro atoms. The summed E-state index contributed by atoms with van der Waals surface area (Å²) >= 11 is 3.42. The highest BCUT2D eigenvalue weighted by molar-refractivity contribution is 9.10. The summed E-state index contributed by atoms with van der Waals surface area (Å²) in [6.07, 6.45) is 0. The molecule has 4 heteroatoms. The molecule has 0 aromatic heterocycles. The van der Waals surface area contributed by atoms with E-state index in [0.29, 0.717) is 12.6 Å². The lowest BCUT2D eigenvalue weighted by Crippen LogP contribution is -2.35. The minimum atomic E-state index is 0.602. The van der Waals surface area contributed by atoms with Gasteiger partial charge in [-0.15, -0.1) is 0 Å². The third-order valence-electron chi connectivity index (χ3n) is 2.87. The van der Waals surface area contributed by atoms with Crippen LogP contribution in [0.2, 0.25) is 0 Å². The van der Waals surface area contributed by atoms with E-state index in [1.165, 1.54) is 0 Å². The molecule has 102 valence electrons. The van der Waals surface area contributed by atoms with Crippen LogP contribution in [0.1, 0.15) is 13.8 Å². The standard InChI is InChI=1S/C14H23BrN2O/c1-12(2)17(3)9-7-16-8-10-18-14-6-4-5-13(15)11-14/h4-6,11-12,16H,7-10H2,1-3H3. The van der Waals surface area contributed by atoms with Crippen LogP contribution in [0, 0.1) is 0 Å². The molecule has 1 aromatic carbocycles. The Bertz CT molecular complexity index is 344. The fraction of sp³-hybridized carbons (Fsp3) is 0.571. The highest BCUT2D eigenvalue weighted by Crippen LogP contribution is 2.17. The Morgan fingerprint density at radius 3 is 2.78 bits per heavy atom. The second kappa shape index (κ2) is 8.51. The Kier molecular flexibility index (Phi) is 7.32. The Balaban J connectivity index is 2.05. The molecule has 0 fully saturated rings. The smallest absolute Gasteiger partial charge is 0.120 e. The highest BCUT2D eigenvalue weighted by atomic mass is 79.9. The van der Waals surface area contributed by atoms with E-state index in [9.17, 15) is 0 Å². The van der Waals surface area contributed by atoms with Gasteiger partial charge in [0.15, 0.2) is 0 Å². The fourth-order valence-corrected chi connectivity index (χ4v) is 1.81. The minimum absolute atomic E-state index is 0.602. The highest BCUT2D eigenvalue weighted by Gasteiger charge is 2.01. The minimum Gasteiger partial charge on any atom is -0.492 e. The number of nitrogens with one attached hydrogen (secondary N) is 1. The van der Waals surface area contributed by atoms with Gasteiger partial charge in [0.1, 0.15) is 12.4 Å². The van der Waals surface area contributed by atoms with Crippen molar-refractivity contribution in [2.24, 2.45) is 0 Å². The normalized spacial score (nSPS) is 11.2. The number of nitrogens with zero attached hydrogens (tertiary/aromatic N) is 1. The summed E-state index contributed by atoms with van der Waals surface area (Å²) < 4.78 is 6.68. The largest absolute Gasteiger partial charge is 0.492 e. The lowest BCUT2D eigenvalue weighted by Gasteiger charge is -2.20. The van der Waals surface area contributed by atoms with E-state index in [2.05, 4.69) is 47.0 Å². The number of likely N-dealkylation sites (N-methyl/N-ethyl adjacent to an activating group) is 1. The number of hydrogen-bond donors (Lipinski definition) is 1. The van der Waals surface area contributed by atoms with E-state index in [4.69, 9.17) is 4.74 Å². The van der Waals surface area contributed by atoms with Gasteiger partial charge >= 0.3 is 0 Å². The molecule has 1 N–H and O–H groups in total. The Labute approximate surface area is 119 Å². The van der Waals surface area contributed by atoms with Gasteiger partial charge < -0.3 is 15.0 Å². The first-order chi connectivity index (χ1) is 8.59. The number of benzene rings is 1. The van der Waals surface area contributed by atoms with Crippen LogP contribution >= 0.6 is 15.9 Å². The van der Waals surface area contributed by atoms with E-state index in [1.54, 1.807) is 0 Å². The van der Waals surface area contributed by atoms with Crippen LogP contribution in [0.25, 0.3) is 0 Å². The van der Waals surface area contributed by atoms with Gasteiger partial charge in [0.05, 0.1) is 0 Å². The first-order valence-corrected chi connectivity index (χ1v) is 7.18. The van der Waals surface area contributed by atoms with Crippen molar-refractivity contribution in [1.29, 1.82) is 0 Å². The average Bonchev–Trinajstić information content (AvgIpc) is 2.33. The molecular formula is C14H23BrN2O. The summed E-state index contributed by atoms with van der Waals surface area (Å²) in [6, 6.07) is 8.52. The monoisotopic (exact) mass is 314 g/mol. The second-order valence-electron chi connectivity index (χ2n) is 4.63. The number of rotatable bonds is 8. The molecule has 0 aliphatic carbocycles. The molecule has 1 rings (SSSR count). The predicted molar refractivity (Wildman–Crippen MR) is 80.3 cm³/mol. The van der Waals surface area contributed by atoms with E-state index >= 15 is 0 Å². The lowest BCUT2D eigenvalue weighted by atomic mass is 10.3. The van der Waals surface area contributed by atoms with Gasteiger partial charge in [-0.2, -0.15) is 0 Å². The van der Waals surface area contributed by atoms with Crippen molar-refractivity contribution in [1.82, 2.24) is 10.2 Å².